The molecule has 0 saturated carbocycles. The standard InChI is InChI=1S/C22H17NO4/c1-14-9-11-15(12-10-14)20(24)18-19(17-8-5-13-27-17)23(22(26)21(18)25)16-6-3-2-4-7-16/h2-13,19,24H,1H3/b20-18-. The lowest BCUT2D eigenvalue weighted by Gasteiger charge is -2.23. The average molecular weight is 359 g/mol. The van der Waals surface area contributed by atoms with E-state index in [2.05, 4.69) is 0 Å². The molecule has 0 spiro atoms. The van der Waals surface area contributed by atoms with Crippen molar-refractivity contribution in [1.29, 1.82) is 0 Å². The van der Waals surface area contributed by atoms with Crippen molar-refractivity contribution < 1.29 is 19.1 Å². The fraction of sp³-hybridized carbons (Fsp3) is 0.0909. The van der Waals surface area contributed by atoms with Crippen molar-refractivity contribution in [2.24, 2.45) is 0 Å². The number of hydrogen-bond donors (Lipinski definition) is 1. The van der Waals surface area contributed by atoms with E-state index in [0.29, 0.717) is 17.0 Å². The molecule has 0 radical (unpaired) electrons. The minimum absolute atomic E-state index is 0.0163. The quantitative estimate of drug-likeness (QED) is 0.432. The molecule has 2 heterocycles. The maximum absolute atomic E-state index is 12.8. The fourth-order valence-electron chi connectivity index (χ4n) is 3.27. The summed E-state index contributed by atoms with van der Waals surface area (Å²) >= 11 is 0. The van der Waals surface area contributed by atoms with Gasteiger partial charge >= 0.3 is 0 Å². The number of para-hydroxylation sites is 1. The number of carbonyl (C=O) groups is 2. The Kier molecular flexibility index (Phi) is 4.12. The summed E-state index contributed by atoms with van der Waals surface area (Å²) in [5.74, 6) is -1.24. The normalized spacial score (nSPS) is 18.9. The van der Waals surface area contributed by atoms with E-state index in [9.17, 15) is 14.7 Å². The molecule has 2 aromatic carbocycles. The van der Waals surface area contributed by atoms with Crippen molar-refractivity contribution in [3.05, 3.63) is 95.5 Å². The van der Waals surface area contributed by atoms with Crippen molar-refractivity contribution in [2.45, 2.75) is 13.0 Å². The Balaban J connectivity index is 1.92. The second-order valence-corrected chi connectivity index (χ2v) is 6.39. The third-order valence-electron chi connectivity index (χ3n) is 4.62. The zero-order valence-corrected chi connectivity index (χ0v) is 14.6. The summed E-state index contributed by atoms with van der Waals surface area (Å²) in [4.78, 5) is 27.0. The monoisotopic (exact) mass is 359 g/mol. The second-order valence-electron chi connectivity index (χ2n) is 6.39. The van der Waals surface area contributed by atoms with Gasteiger partial charge in [-0.05, 0) is 31.2 Å². The Bertz CT molecular complexity index is 1020. The highest BCUT2D eigenvalue weighted by molar-refractivity contribution is 6.51. The smallest absolute Gasteiger partial charge is 0.300 e. The van der Waals surface area contributed by atoms with Gasteiger partial charge in [0.05, 0.1) is 11.8 Å². The zero-order valence-electron chi connectivity index (χ0n) is 14.6. The molecule has 1 N–H and O–H groups in total. The van der Waals surface area contributed by atoms with Crippen molar-refractivity contribution in [3.8, 4) is 0 Å². The molecule has 0 bridgehead atoms. The molecule has 1 aromatic heterocycles. The van der Waals surface area contributed by atoms with E-state index < -0.39 is 17.7 Å². The Morgan fingerprint density at radius 2 is 1.67 bits per heavy atom. The number of aliphatic hydroxyl groups excluding tert-OH is 1. The predicted octanol–water partition coefficient (Wildman–Crippen LogP) is 4.21. The zero-order chi connectivity index (χ0) is 19.0. The third-order valence-corrected chi connectivity index (χ3v) is 4.62. The van der Waals surface area contributed by atoms with Crippen LogP contribution in [0.3, 0.4) is 0 Å². The maximum atomic E-state index is 12.8. The number of ketones is 1. The van der Waals surface area contributed by atoms with Gasteiger partial charge in [-0.1, -0.05) is 48.0 Å². The molecule has 5 nitrogen and oxygen atoms in total. The summed E-state index contributed by atoms with van der Waals surface area (Å²) in [7, 11) is 0. The number of furan rings is 1. The first-order valence-corrected chi connectivity index (χ1v) is 8.54. The molecule has 1 aliphatic heterocycles. The number of amides is 1. The lowest BCUT2D eigenvalue weighted by atomic mass is 9.98. The van der Waals surface area contributed by atoms with Crippen LogP contribution in [-0.2, 0) is 9.59 Å². The summed E-state index contributed by atoms with van der Waals surface area (Å²) in [6.45, 7) is 1.93. The van der Waals surface area contributed by atoms with Crippen LogP contribution in [0.4, 0.5) is 5.69 Å². The van der Waals surface area contributed by atoms with Gasteiger partial charge in [0.15, 0.2) is 0 Å². The Hall–Kier alpha value is -3.60. The van der Waals surface area contributed by atoms with Gasteiger partial charge in [0.25, 0.3) is 11.7 Å². The molecular formula is C22H17NO4. The number of benzene rings is 2. The summed E-state index contributed by atoms with van der Waals surface area (Å²) in [6.07, 6.45) is 1.48. The van der Waals surface area contributed by atoms with Crippen molar-refractivity contribution in [2.75, 3.05) is 4.90 Å². The number of aliphatic hydroxyl groups is 1. The molecule has 4 rings (SSSR count). The summed E-state index contributed by atoms with van der Waals surface area (Å²) < 4.78 is 5.51. The van der Waals surface area contributed by atoms with Crippen molar-refractivity contribution in [1.82, 2.24) is 0 Å². The average Bonchev–Trinajstić information content (AvgIpc) is 3.30. The molecule has 1 atom stereocenters. The summed E-state index contributed by atoms with van der Waals surface area (Å²) in [5.41, 5.74) is 2.08. The minimum Gasteiger partial charge on any atom is -0.507 e. The number of hydrogen-bond acceptors (Lipinski definition) is 4. The molecular weight excluding hydrogens is 342 g/mol. The van der Waals surface area contributed by atoms with E-state index >= 15 is 0 Å². The molecule has 1 fully saturated rings. The first-order chi connectivity index (χ1) is 13.1. The van der Waals surface area contributed by atoms with E-state index in [4.69, 9.17) is 4.42 Å². The maximum Gasteiger partial charge on any atom is 0.300 e. The molecule has 1 aliphatic rings. The summed E-state index contributed by atoms with van der Waals surface area (Å²) in [5, 5.41) is 10.9. The van der Waals surface area contributed by atoms with Crippen LogP contribution in [0.1, 0.15) is 22.9 Å². The van der Waals surface area contributed by atoms with Crippen LogP contribution < -0.4 is 4.90 Å². The Morgan fingerprint density at radius 1 is 0.963 bits per heavy atom. The number of anilines is 1. The number of rotatable bonds is 3. The van der Waals surface area contributed by atoms with Crippen molar-refractivity contribution >= 4 is 23.1 Å². The van der Waals surface area contributed by atoms with E-state index in [-0.39, 0.29) is 11.3 Å². The van der Waals surface area contributed by atoms with Crippen LogP contribution in [0.2, 0.25) is 0 Å². The molecule has 1 saturated heterocycles. The van der Waals surface area contributed by atoms with Gasteiger partial charge in [-0.3, -0.25) is 14.5 Å². The first kappa shape index (κ1) is 16.8. The Morgan fingerprint density at radius 3 is 2.30 bits per heavy atom. The minimum atomic E-state index is -0.830. The lowest BCUT2D eigenvalue weighted by molar-refractivity contribution is -0.132. The van der Waals surface area contributed by atoms with Crippen LogP contribution in [0.15, 0.2) is 83.0 Å². The molecule has 1 amide bonds. The SMILES string of the molecule is Cc1ccc(/C(O)=C2/C(=O)C(=O)N(c3ccccc3)C2c2ccco2)cc1. The number of nitrogens with zero attached hydrogens (tertiary/aromatic N) is 1. The number of Topliss-reactive ketones (excluding diaryl/α,β-unsaturated/α-hetero) is 1. The molecule has 134 valence electrons. The van der Waals surface area contributed by atoms with Crippen molar-refractivity contribution in [3.63, 3.8) is 0 Å². The predicted molar refractivity (Wildman–Crippen MR) is 101 cm³/mol. The van der Waals surface area contributed by atoms with E-state index in [0.717, 1.165) is 5.56 Å². The first-order valence-electron chi connectivity index (χ1n) is 8.54. The Labute approximate surface area is 156 Å². The van der Waals surface area contributed by atoms with Gasteiger partial charge in [0.1, 0.15) is 17.6 Å². The topological polar surface area (TPSA) is 70.8 Å². The number of aryl methyl sites for hydroxylation is 1. The molecule has 1 unspecified atom stereocenters. The fourth-order valence-corrected chi connectivity index (χ4v) is 3.27. The number of carbonyl (C=O) groups excluding carboxylic acids is 2. The van der Waals surface area contributed by atoms with Crippen LogP contribution >= 0.6 is 0 Å². The largest absolute Gasteiger partial charge is 0.507 e. The third kappa shape index (κ3) is 2.83. The van der Waals surface area contributed by atoms with Gasteiger partial charge in [-0.15, -0.1) is 0 Å². The van der Waals surface area contributed by atoms with Crippen LogP contribution in [0.25, 0.3) is 5.76 Å². The van der Waals surface area contributed by atoms with E-state index in [1.165, 1.54) is 11.2 Å². The highest BCUT2D eigenvalue weighted by Gasteiger charge is 2.48. The highest BCUT2D eigenvalue weighted by atomic mass is 16.3. The van der Waals surface area contributed by atoms with Crippen LogP contribution in [0.5, 0.6) is 0 Å². The van der Waals surface area contributed by atoms with Gasteiger partial charge < -0.3 is 9.52 Å². The van der Waals surface area contributed by atoms with E-state index in [1.54, 1.807) is 48.5 Å². The van der Waals surface area contributed by atoms with E-state index in [1.807, 2.05) is 25.1 Å². The van der Waals surface area contributed by atoms with Gasteiger partial charge in [-0.2, -0.15) is 0 Å². The molecule has 3 aromatic rings. The molecule has 27 heavy (non-hydrogen) atoms. The summed E-state index contributed by atoms with van der Waals surface area (Å²) in [6, 6.07) is 18.6. The second kappa shape index (κ2) is 6.61. The van der Waals surface area contributed by atoms with Gasteiger partial charge in [0, 0.05) is 11.3 Å². The lowest BCUT2D eigenvalue weighted by Crippen LogP contribution is -2.29. The van der Waals surface area contributed by atoms with Crippen LogP contribution in [0, 0.1) is 6.92 Å². The van der Waals surface area contributed by atoms with Gasteiger partial charge in [0.2, 0.25) is 0 Å². The highest BCUT2D eigenvalue weighted by Crippen LogP contribution is 2.42. The molecule has 0 aliphatic carbocycles. The van der Waals surface area contributed by atoms with Crippen LogP contribution in [-0.4, -0.2) is 16.8 Å². The van der Waals surface area contributed by atoms with Gasteiger partial charge in [-0.25, -0.2) is 0 Å². The molecule has 5 heteroatoms.